The predicted molar refractivity (Wildman–Crippen MR) is 125 cm³/mol. The number of nitrogens with one attached hydrogen (secondary N) is 1. The maximum absolute atomic E-state index is 13.7. The number of likely N-dealkylation sites (tertiary alicyclic amines) is 1. The van der Waals surface area contributed by atoms with Crippen molar-refractivity contribution in [3.63, 3.8) is 0 Å². The molecule has 1 atom stereocenters. The molecule has 1 aromatic heterocycles. The Morgan fingerprint density at radius 3 is 2.40 bits per heavy atom. The number of nitrogens with zero attached hydrogens (tertiary/aromatic N) is 1. The van der Waals surface area contributed by atoms with Crippen molar-refractivity contribution in [3.8, 4) is 17.2 Å². The lowest BCUT2D eigenvalue weighted by Gasteiger charge is -2.28. The van der Waals surface area contributed by atoms with E-state index >= 15 is 0 Å². The third kappa shape index (κ3) is 4.42. The highest BCUT2D eigenvalue weighted by molar-refractivity contribution is 6.46. The number of ether oxygens (including phenoxy) is 3. The summed E-state index contributed by atoms with van der Waals surface area (Å²) >= 11 is 0. The molecule has 2 aromatic carbocycles. The molecule has 8 heteroatoms. The highest BCUT2D eigenvalue weighted by Gasteiger charge is 2.44. The summed E-state index contributed by atoms with van der Waals surface area (Å²) in [7, 11) is 4.56. The highest BCUT2D eigenvalue weighted by Crippen LogP contribution is 2.42. The Morgan fingerprint density at radius 1 is 1.00 bits per heavy atom. The lowest BCUT2D eigenvalue weighted by Crippen LogP contribution is -2.29. The van der Waals surface area contributed by atoms with E-state index in [4.69, 9.17) is 14.2 Å². The van der Waals surface area contributed by atoms with E-state index < -0.39 is 23.5 Å². The molecule has 1 unspecified atom stereocenters. The lowest BCUT2D eigenvalue weighted by atomic mass is 9.93. The van der Waals surface area contributed by atoms with Crippen molar-refractivity contribution in [3.05, 3.63) is 88.8 Å². The lowest BCUT2D eigenvalue weighted by molar-refractivity contribution is -0.378. The fourth-order valence-electron chi connectivity index (χ4n) is 4.29. The number of hydrogen-bond acceptors (Lipinski definition) is 6. The van der Waals surface area contributed by atoms with Crippen LogP contribution < -0.4 is 24.3 Å². The van der Waals surface area contributed by atoms with Gasteiger partial charge in [-0.25, -0.2) is 4.98 Å². The number of Topliss-reactive ketones (excluding diaryl/α,β-unsaturated/α-hetero) is 1. The van der Waals surface area contributed by atoms with Crippen molar-refractivity contribution < 1.29 is 33.9 Å². The summed E-state index contributed by atoms with van der Waals surface area (Å²) in [6.07, 6.45) is 3.50. The second-order valence-corrected chi connectivity index (χ2v) is 8.11. The van der Waals surface area contributed by atoms with Crippen LogP contribution in [0, 0.1) is 6.92 Å². The van der Waals surface area contributed by atoms with Gasteiger partial charge in [-0.1, -0.05) is 17.9 Å². The van der Waals surface area contributed by atoms with E-state index in [2.05, 4.69) is 4.98 Å². The maximum atomic E-state index is 13.7. The molecule has 1 N–H and O–H groups in total. The summed E-state index contributed by atoms with van der Waals surface area (Å²) in [4.78, 5) is 30.9. The average Bonchev–Trinajstić information content (AvgIpc) is 3.13. The third-order valence-electron chi connectivity index (χ3n) is 6.06. The molecule has 0 saturated carbocycles. The number of aromatic nitrogens is 1. The zero-order valence-corrected chi connectivity index (χ0v) is 20.0. The first-order chi connectivity index (χ1) is 16.9. The van der Waals surface area contributed by atoms with Crippen molar-refractivity contribution in [1.82, 2.24) is 4.90 Å². The molecule has 0 bridgehead atoms. The van der Waals surface area contributed by atoms with E-state index in [1.807, 2.05) is 6.07 Å². The number of H-pyrrole nitrogens is 1. The van der Waals surface area contributed by atoms with E-state index in [9.17, 15) is 14.7 Å². The normalized spacial score (nSPS) is 16.9. The summed E-state index contributed by atoms with van der Waals surface area (Å²) < 4.78 is 16.0. The fourth-order valence-corrected chi connectivity index (χ4v) is 4.29. The Morgan fingerprint density at radius 2 is 1.77 bits per heavy atom. The van der Waals surface area contributed by atoms with Crippen molar-refractivity contribution in [1.29, 1.82) is 0 Å². The molecule has 1 aliphatic heterocycles. The Kier molecular flexibility index (Phi) is 6.73. The van der Waals surface area contributed by atoms with Gasteiger partial charge in [0.1, 0.15) is 5.75 Å². The van der Waals surface area contributed by atoms with Crippen molar-refractivity contribution in [2.24, 2.45) is 0 Å². The van der Waals surface area contributed by atoms with Gasteiger partial charge in [-0.05, 0) is 53.9 Å². The number of amides is 1. The number of ketones is 1. The monoisotopic (exact) mass is 474 g/mol. The molecule has 180 valence electrons. The summed E-state index contributed by atoms with van der Waals surface area (Å²) in [5, 5.41) is 13.7. The average molecular weight is 475 g/mol. The smallest absolute Gasteiger partial charge is 0.295 e. The fraction of sp³-hybridized carbons (Fsp3) is 0.222. The van der Waals surface area contributed by atoms with E-state index in [1.54, 1.807) is 61.8 Å². The second kappa shape index (κ2) is 9.89. The molecule has 2 heterocycles. The molecule has 0 spiro atoms. The highest BCUT2D eigenvalue weighted by atomic mass is 16.5. The molecule has 3 aromatic rings. The summed E-state index contributed by atoms with van der Waals surface area (Å²) in [6, 6.07) is 12.8. The first kappa shape index (κ1) is 23.8. The van der Waals surface area contributed by atoms with Crippen LogP contribution in [0.4, 0.5) is 0 Å². The Bertz CT molecular complexity index is 1300. The van der Waals surface area contributed by atoms with Crippen LogP contribution in [-0.4, -0.2) is 37.9 Å². The molecule has 0 aliphatic carbocycles. The van der Waals surface area contributed by atoms with E-state index in [0.29, 0.717) is 33.9 Å². The number of carbonyl (C=O) groups excluding carboxylic acids is 2. The number of pyridine rings is 1. The number of hydrogen-bond donors (Lipinski definition) is 0. The molecule has 1 aliphatic rings. The molecular weight excluding hydrogens is 448 g/mol. The zero-order valence-electron chi connectivity index (χ0n) is 20.0. The Hall–Kier alpha value is -4.33. The van der Waals surface area contributed by atoms with Crippen LogP contribution in [0.3, 0.4) is 0 Å². The van der Waals surface area contributed by atoms with E-state index in [1.165, 1.54) is 26.2 Å². The Labute approximate surface area is 203 Å². The molecular formula is C27H26N2O6. The third-order valence-corrected chi connectivity index (χ3v) is 6.06. The van der Waals surface area contributed by atoms with Crippen LogP contribution in [0.2, 0.25) is 0 Å². The van der Waals surface area contributed by atoms with E-state index in [0.717, 1.165) is 5.56 Å². The second-order valence-electron chi connectivity index (χ2n) is 8.11. The van der Waals surface area contributed by atoms with Crippen molar-refractivity contribution in [2.45, 2.75) is 19.5 Å². The van der Waals surface area contributed by atoms with Crippen LogP contribution >= 0.6 is 0 Å². The Balaban J connectivity index is 1.91. The number of benzene rings is 2. The minimum absolute atomic E-state index is 0.101. The van der Waals surface area contributed by atoms with Crippen LogP contribution in [-0.2, 0) is 16.1 Å². The summed E-state index contributed by atoms with van der Waals surface area (Å²) in [5.74, 6) is -0.526. The molecule has 4 rings (SSSR count). The minimum Gasteiger partial charge on any atom is -0.872 e. The molecule has 1 fully saturated rings. The van der Waals surface area contributed by atoms with Gasteiger partial charge >= 0.3 is 0 Å². The van der Waals surface area contributed by atoms with Gasteiger partial charge in [0.15, 0.2) is 23.9 Å². The number of aromatic amines is 1. The SMILES string of the molecule is COc1ccc(/C([O-])=C2\C(=O)C(=O)N(Cc3ccc[nH+]c3)C2c2ccc(OC)c(OC)c2)c(C)c1. The first-order valence-electron chi connectivity index (χ1n) is 11.0. The van der Waals surface area contributed by atoms with Crippen molar-refractivity contribution in [2.75, 3.05) is 21.3 Å². The first-order valence-corrected chi connectivity index (χ1v) is 11.0. The quantitative estimate of drug-likeness (QED) is 0.296. The number of methoxy groups -OCH3 is 3. The number of rotatable bonds is 7. The van der Waals surface area contributed by atoms with Gasteiger partial charge in [0.05, 0.1) is 33.9 Å². The van der Waals surface area contributed by atoms with Gasteiger partial charge in [0.2, 0.25) is 5.78 Å². The zero-order chi connectivity index (χ0) is 25.1. The molecule has 0 radical (unpaired) electrons. The minimum atomic E-state index is -0.899. The van der Waals surface area contributed by atoms with Gasteiger partial charge in [0, 0.05) is 17.2 Å². The van der Waals surface area contributed by atoms with E-state index in [-0.39, 0.29) is 12.1 Å². The van der Waals surface area contributed by atoms with Gasteiger partial charge in [-0.2, -0.15) is 0 Å². The van der Waals surface area contributed by atoms with Gasteiger partial charge < -0.3 is 24.2 Å². The van der Waals surface area contributed by atoms with Gasteiger partial charge in [-0.3, -0.25) is 9.59 Å². The summed E-state index contributed by atoms with van der Waals surface area (Å²) in [5.41, 5.74) is 2.23. The predicted octanol–water partition coefficient (Wildman–Crippen LogP) is 2.26. The number of aryl methyl sites for hydroxylation is 1. The van der Waals surface area contributed by atoms with Crippen LogP contribution in [0.15, 0.2) is 66.5 Å². The molecule has 1 amide bonds. The maximum Gasteiger partial charge on any atom is 0.295 e. The largest absolute Gasteiger partial charge is 0.872 e. The van der Waals surface area contributed by atoms with Crippen LogP contribution in [0.5, 0.6) is 17.2 Å². The van der Waals surface area contributed by atoms with Gasteiger partial charge in [-0.15, -0.1) is 0 Å². The number of carbonyl (C=O) groups is 2. The van der Waals surface area contributed by atoms with Crippen LogP contribution in [0.25, 0.3) is 5.76 Å². The summed E-state index contributed by atoms with van der Waals surface area (Å²) in [6.45, 7) is 1.90. The van der Waals surface area contributed by atoms with Gasteiger partial charge in [0.25, 0.3) is 5.91 Å². The molecule has 8 nitrogen and oxygen atoms in total. The van der Waals surface area contributed by atoms with Crippen molar-refractivity contribution >= 4 is 17.4 Å². The molecule has 35 heavy (non-hydrogen) atoms. The standard InChI is InChI=1S/C27H26N2O6/c1-16-12-19(33-2)8-9-20(16)25(30)23-24(18-7-10-21(34-3)22(13-18)35-4)29(27(32)26(23)31)15-17-6-5-11-28-14-17/h5-14,24,30H,15H2,1-4H3/b25-23+. The molecule has 1 saturated heterocycles. The van der Waals surface area contributed by atoms with Crippen LogP contribution in [0.1, 0.15) is 28.3 Å². The topological polar surface area (TPSA) is 102 Å².